The third-order valence-electron chi connectivity index (χ3n) is 5.21. The first-order chi connectivity index (χ1) is 12.1. The van der Waals surface area contributed by atoms with Crippen molar-refractivity contribution in [3.63, 3.8) is 0 Å². The van der Waals surface area contributed by atoms with E-state index in [-0.39, 0.29) is 5.91 Å². The molecule has 2 atom stereocenters. The van der Waals surface area contributed by atoms with Crippen LogP contribution in [0.15, 0.2) is 18.2 Å². The highest BCUT2D eigenvalue weighted by molar-refractivity contribution is 5.78. The van der Waals surface area contributed by atoms with E-state index < -0.39 is 0 Å². The highest BCUT2D eigenvalue weighted by Gasteiger charge is 2.23. The molecule has 0 radical (unpaired) electrons. The van der Waals surface area contributed by atoms with E-state index in [0.29, 0.717) is 18.3 Å². The minimum absolute atomic E-state index is 0.150. The Morgan fingerprint density at radius 3 is 2.84 bits per heavy atom. The summed E-state index contributed by atoms with van der Waals surface area (Å²) in [5, 5.41) is 12.2. The van der Waals surface area contributed by atoms with Crippen molar-refractivity contribution in [3.8, 4) is 6.07 Å². The molecule has 2 aliphatic rings. The SMILES string of the molecule is CC1CCCC(NC(=O)CN2CCN(c3cccc(C#N)n3)CC2)C1. The van der Waals surface area contributed by atoms with Crippen LogP contribution in [0, 0.1) is 17.2 Å². The van der Waals surface area contributed by atoms with Crippen molar-refractivity contribution in [2.45, 2.75) is 38.6 Å². The van der Waals surface area contributed by atoms with Gasteiger partial charge in [-0.05, 0) is 30.9 Å². The second-order valence-corrected chi connectivity index (χ2v) is 7.29. The summed E-state index contributed by atoms with van der Waals surface area (Å²) in [4.78, 5) is 21.0. The smallest absolute Gasteiger partial charge is 0.234 e. The zero-order chi connectivity index (χ0) is 17.6. The van der Waals surface area contributed by atoms with Gasteiger partial charge in [0.15, 0.2) is 0 Å². The van der Waals surface area contributed by atoms with Gasteiger partial charge in [0.25, 0.3) is 0 Å². The quantitative estimate of drug-likeness (QED) is 0.904. The van der Waals surface area contributed by atoms with E-state index in [1.54, 1.807) is 6.07 Å². The minimum atomic E-state index is 0.150. The lowest BCUT2D eigenvalue weighted by atomic mass is 9.87. The van der Waals surface area contributed by atoms with Crippen molar-refractivity contribution in [3.05, 3.63) is 23.9 Å². The number of hydrogen-bond donors (Lipinski definition) is 1. The van der Waals surface area contributed by atoms with Crippen LogP contribution in [-0.4, -0.2) is 54.6 Å². The number of nitrogens with zero attached hydrogens (tertiary/aromatic N) is 4. The molecule has 1 aromatic heterocycles. The van der Waals surface area contributed by atoms with Crippen molar-refractivity contribution < 1.29 is 4.79 Å². The van der Waals surface area contributed by atoms with E-state index in [1.807, 2.05) is 12.1 Å². The number of nitriles is 1. The van der Waals surface area contributed by atoms with Crippen molar-refractivity contribution >= 4 is 11.7 Å². The van der Waals surface area contributed by atoms with Crippen LogP contribution in [-0.2, 0) is 4.79 Å². The topological polar surface area (TPSA) is 72.3 Å². The molecule has 3 rings (SSSR count). The molecule has 1 aliphatic heterocycles. The number of amides is 1. The Labute approximate surface area is 149 Å². The fraction of sp³-hybridized carbons (Fsp3) is 0.632. The van der Waals surface area contributed by atoms with Gasteiger partial charge in [-0.2, -0.15) is 5.26 Å². The number of hydrogen-bond acceptors (Lipinski definition) is 5. The third kappa shape index (κ3) is 4.93. The maximum Gasteiger partial charge on any atom is 0.234 e. The van der Waals surface area contributed by atoms with E-state index in [9.17, 15) is 4.79 Å². The molecule has 0 aromatic carbocycles. The highest BCUT2D eigenvalue weighted by atomic mass is 16.2. The van der Waals surface area contributed by atoms with Gasteiger partial charge in [-0.1, -0.05) is 25.8 Å². The van der Waals surface area contributed by atoms with Crippen molar-refractivity contribution in [1.82, 2.24) is 15.2 Å². The lowest BCUT2D eigenvalue weighted by molar-refractivity contribution is -0.123. The molecular weight excluding hydrogens is 314 g/mol. The summed E-state index contributed by atoms with van der Waals surface area (Å²) in [6.45, 7) is 6.09. The van der Waals surface area contributed by atoms with Crippen LogP contribution in [0.1, 0.15) is 38.3 Å². The zero-order valence-corrected chi connectivity index (χ0v) is 14.9. The average Bonchev–Trinajstić information content (AvgIpc) is 2.62. The molecule has 1 aliphatic carbocycles. The average molecular weight is 341 g/mol. The van der Waals surface area contributed by atoms with E-state index in [4.69, 9.17) is 5.26 Å². The summed E-state index contributed by atoms with van der Waals surface area (Å²) >= 11 is 0. The molecule has 134 valence electrons. The summed E-state index contributed by atoms with van der Waals surface area (Å²) in [5.74, 6) is 1.72. The third-order valence-corrected chi connectivity index (χ3v) is 5.21. The van der Waals surface area contributed by atoms with Crippen molar-refractivity contribution in [2.24, 2.45) is 5.92 Å². The van der Waals surface area contributed by atoms with Gasteiger partial charge in [-0.3, -0.25) is 9.69 Å². The van der Waals surface area contributed by atoms with Crippen LogP contribution in [0.25, 0.3) is 0 Å². The molecule has 1 amide bonds. The van der Waals surface area contributed by atoms with Gasteiger partial charge in [0, 0.05) is 32.2 Å². The Morgan fingerprint density at radius 1 is 1.32 bits per heavy atom. The molecule has 2 fully saturated rings. The predicted molar refractivity (Wildman–Crippen MR) is 97.2 cm³/mol. The number of piperazine rings is 1. The van der Waals surface area contributed by atoms with Gasteiger partial charge in [0.2, 0.25) is 5.91 Å². The number of anilines is 1. The van der Waals surface area contributed by atoms with E-state index in [2.05, 4.69) is 33.1 Å². The lowest BCUT2D eigenvalue weighted by Gasteiger charge is -2.35. The summed E-state index contributed by atoms with van der Waals surface area (Å²) in [6, 6.07) is 7.96. The molecule has 1 N–H and O–H groups in total. The van der Waals surface area contributed by atoms with Crippen molar-refractivity contribution in [2.75, 3.05) is 37.6 Å². The number of aromatic nitrogens is 1. The van der Waals surface area contributed by atoms with E-state index in [0.717, 1.165) is 50.8 Å². The number of pyridine rings is 1. The molecule has 1 saturated heterocycles. The van der Waals surface area contributed by atoms with Crippen LogP contribution in [0.5, 0.6) is 0 Å². The van der Waals surface area contributed by atoms with Crippen LogP contribution in [0.2, 0.25) is 0 Å². The molecule has 2 heterocycles. The van der Waals surface area contributed by atoms with Gasteiger partial charge >= 0.3 is 0 Å². The van der Waals surface area contributed by atoms with Crippen LogP contribution >= 0.6 is 0 Å². The molecule has 1 aromatic rings. The summed E-state index contributed by atoms with van der Waals surface area (Å²) in [7, 11) is 0. The maximum atomic E-state index is 12.3. The second-order valence-electron chi connectivity index (χ2n) is 7.29. The van der Waals surface area contributed by atoms with Crippen LogP contribution in [0.4, 0.5) is 5.82 Å². The molecule has 6 nitrogen and oxygen atoms in total. The highest BCUT2D eigenvalue weighted by Crippen LogP contribution is 2.23. The van der Waals surface area contributed by atoms with Gasteiger partial charge in [0.1, 0.15) is 17.6 Å². The second kappa shape index (κ2) is 8.30. The largest absolute Gasteiger partial charge is 0.354 e. The lowest BCUT2D eigenvalue weighted by Crippen LogP contribution is -2.51. The fourth-order valence-electron chi connectivity index (χ4n) is 3.84. The Bertz CT molecular complexity index is 633. The maximum absolute atomic E-state index is 12.3. The van der Waals surface area contributed by atoms with Crippen molar-refractivity contribution in [1.29, 1.82) is 5.26 Å². The Hall–Kier alpha value is -2.13. The molecule has 1 saturated carbocycles. The van der Waals surface area contributed by atoms with Gasteiger partial charge in [0.05, 0.1) is 6.54 Å². The normalized spacial score (nSPS) is 24.6. The molecule has 6 heteroatoms. The number of nitrogens with one attached hydrogen (secondary N) is 1. The van der Waals surface area contributed by atoms with Gasteiger partial charge in [-0.15, -0.1) is 0 Å². The molecular formula is C19H27N5O. The summed E-state index contributed by atoms with van der Waals surface area (Å²) in [6.07, 6.45) is 4.74. The van der Waals surface area contributed by atoms with Gasteiger partial charge < -0.3 is 10.2 Å². The molecule has 25 heavy (non-hydrogen) atoms. The standard InChI is InChI=1S/C19H27N5O/c1-15-4-2-5-16(12-15)22-19(25)14-23-8-10-24(11-9-23)18-7-3-6-17(13-20)21-18/h3,6-7,15-16H,2,4-5,8-12,14H2,1H3,(H,22,25). The first-order valence-corrected chi connectivity index (χ1v) is 9.28. The zero-order valence-electron chi connectivity index (χ0n) is 14.9. The van der Waals surface area contributed by atoms with E-state index >= 15 is 0 Å². The number of carbonyl (C=O) groups excluding carboxylic acids is 1. The molecule has 0 spiro atoms. The molecule has 0 bridgehead atoms. The Kier molecular flexibility index (Phi) is 5.87. The summed E-state index contributed by atoms with van der Waals surface area (Å²) in [5.41, 5.74) is 0.445. The van der Waals surface area contributed by atoms with Crippen LogP contribution < -0.4 is 10.2 Å². The first-order valence-electron chi connectivity index (χ1n) is 9.28. The number of rotatable bonds is 4. The van der Waals surface area contributed by atoms with Gasteiger partial charge in [-0.25, -0.2) is 4.98 Å². The Balaban J connectivity index is 1.44. The minimum Gasteiger partial charge on any atom is -0.354 e. The fourth-order valence-corrected chi connectivity index (χ4v) is 3.84. The van der Waals surface area contributed by atoms with E-state index in [1.165, 1.54) is 12.8 Å². The first kappa shape index (κ1) is 17.7. The monoisotopic (exact) mass is 341 g/mol. The predicted octanol–water partition coefficient (Wildman–Crippen LogP) is 1.77. The summed E-state index contributed by atoms with van der Waals surface area (Å²) < 4.78 is 0. The number of carbonyl (C=O) groups is 1. The molecule has 2 unspecified atom stereocenters. The van der Waals surface area contributed by atoms with Crippen LogP contribution in [0.3, 0.4) is 0 Å². The Morgan fingerprint density at radius 2 is 2.12 bits per heavy atom.